The molecule has 2 heterocycles. The number of hydrogen-bond donors (Lipinski definition) is 0. The average molecular weight is 316 g/mol. The molecule has 0 atom stereocenters. The van der Waals surface area contributed by atoms with Crippen LogP contribution in [0.25, 0.3) is 10.8 Å². The molecule has 2 aromatic rings. The van der Waals surface area contributed by atoms with E-state index in [-0.39, 0.29) is 0 Å². The molecular formula is C18H24N2OS. The summed E-state index contributed by atoms with van der Waals surface area (Å²) in [5.74, 6) is 1.71. The van der Waals surface area contributed by atoms with Gasteiger partial charge in [-0.1, -0.05) is 25.3 Å². The van der Waals surface area contributed by atoms with Gasteiger partial charge in [0.15, 0.2) is 0 Å². The first kappa shape index (κ1) is 14.5. The Morgan fingerprint density at radius 1 is 1.18 bits per heavy atom. The lowest BCUT2D eigenvalue weighted by Crippen LogP contribution is -2.37. The van der Waals surface area contributed by atoms with Gasteiger partial charge in [-0.2, -0.15) is 0 Å². The van der Waals surface area contributed by atoms with Gasteiger partial charge in [0.2, 0.25) is 5.89 Å². The van der Waals surface area contributed by atoms with E-state index in [1.807, 2.05) is 12.3 Å². The maximum absolute atomic E-state index is 5.69. The molecule has 4 rings (SSSR count). The van der Waals surface area contributed by atoms with Gasteiger partial charge in [-0.05, 0) is 43.0 Å². The molecule has 0 amide bonds. The monoisotopic (exact) mass is 316 g/mol. The van der Waals surface area contributed by atoms with Crippen molar-refractivity contribution < 1.29 is 4.42 Å². The molecule has 2 aromatic heterocycles. The molecular weight excluding hydrogens is 292 g/mol. The molecule has 3 nitrogen and oxygen atoms in total. The van der Waals surface area contributed by atoms with Crippen molar-refractivity contribution in [2.45, 2.75) is 57.5 Å². The van der Waals surface area contributed by atoms with Crippen LogP contribution < -0.4 is 0 Å². The summed E-state index contributed by atoms with van der Waals surface area (Å²) in [5.41, 5.74) is 1.09. The van der Waals surface area contributed by atoms with E-state index in [9.17, 15) is 0 Å². The van der Waals surface area contributed by atoms with Crippen LogP contribution in [0.1, 0.15) is 50.6 Å². The van der Waals surface area contributed by atoms with Crippen LogP contribution in [0, 0.1) is 5.92 Å². The van der Waals surface area contributed by atoms with E-state index in [1.165, 1.54) is 51.5 Å². The first-order valence-corrected chi connectivity index (χ1v) is 9.49. The minimum Gasteiger partial charge on any atom is -0.444 e. The Morgan fingerprint density at radius 2 is 2.05 bits per heavy atom. The molecule has 0 spiro atoms. The van der Waals surface area contributed by atoms with E-state index in [1.54, 1.807) is 11.3 Å². The Morgan fingerprint density at radius 3 is 2.77 bits per heavy atom. The average Bonchev–Trinajstić information content (AvgIpc) is 3.04. The van der Waals surface area contributed by atoms with E-state index in [4.69, 9.17) is 9.40 Å². The Bertz CT molecular complexity index is 582. The molecule has 0 N–H and O–H groups in total. The zero-order valence-corrected chi connectivity index (χ0v) is 13.9. The van der Waals surface area contributed by atoms with Crippen LogP contribution in [-0.4, -0.2) is 22.5 Å². The summed E-state index contributed by atoms with van der Waals surface area (Å²) in [5, 5.41) is 2.07. The Balaban J connectivity index is 1.45. The molecule has 4 heteroatoms. The van der Waals surface area contributed by atoms with Crippen LogP contribution in [0.15, 0.2) is 28.2 Å². The van der Waals surface area contributed by atoms with Gasteiger partial charge in [-0.15, -0.1) is 11.3 Å². The van der Waals surface area contributed by atoms with Crippen molar-refractivity contribution in [3.63, 3.8) is 0 Å². The highest BCUT2D eigenvalue weighted by molar-refractivity contribution is 7.13. The molecule has 2 saturated carbocycles. The number of nitrogens with zero attached hydrogens (tertiary/aromatic N) is 2. The Hall–Kier alpha value is -1.13. The summed E-state index contributed by atoms with van der Waals surface area (Å²) in [7, 11) is 0. The van der Waals surface area contributed by atoms with E-state index in [2.05, 4.69) is 16.3 Å². The third kappa shape index (κ3) is 3.44. The zero-order valence-electron chi connectivity index (χ0n) is 13.0. The highest BCUT2D eigenvalue weighted by atomic mass is 32.1. The molecule has 2 fully saturated rings. The van der Waals surface area contributed by atoms with Gasteiger partial charge in [0.25, 0.3) is 0 Å². The molecule has 22 heavy (non-hydrogen) atoms. The minimum atomic E-state index is 0.760. The maximum Gasteiger partial charge on any atom is 0.236 e. The third-order valence-electron chi connectivity index (χ3n) is 4.93. The maximum atomic E-state index is 5.69. The van der Waals surface area contributed by atoms with Crippen LogP contribution in [0.3, 0.4) is 0 Å². The van der Waals surface area contributed by atoms with Crippen LogP contribution >= 0.6 is 11.3 Å². The minimum absolute atomic E-state index is 0.760. The molecule has 0 unspecified atom stereocenters. The lowest BCUT2D eigenvalue weighted by molar-refractivity contribution is 0.140. The summed E-state index contributed by atoms with van der Waals surface area (Å²) >= 11 is 1.69. The SMILES string of the molecule is c1csc(-c2nc(CN(CC3CC3)C3CCCCC3)co2)c1. The number of oxazole rings is 1. The van der Waals surface area contributed by atoms with Crippen molar-refractivity contribution >= 4 is 11.3 Å². The van der Waals surface area contributed by atoms with Gasteiger partial charge >= 0.3 is 0 Å². The number of rotatable bonds is 6. The quantitative estimate of drug-likeness (QED) is 0.755. The van der Waals surface area contributed by atoms with Crippen LogP contribution in [0.5, 0.6) is 0 Å². The standard InChI is InChI=1S/C18H24N2OS/c1-2-5-16(6-3-1)20(11-14-8-9-14)12-15-13-21-18(19-15)17-7-4-10-22-17/h4,7,10,13-14,16H,1-3,5-6,8-9,11-12H2. The molecule has 0 aromatic carbocycles. The van der Waals surface area contributed by atoms with Crippen molar-refractivity contribution in [3.8, 4) is 10.8 Å². The predicted octanol–water partition coefficient (Wildman–Crippen LogP) is 4.95. The first-order valence-electron chi connectivity index (χ1n) is 8.61. The summed E-state index contributed by atoms with van der Waals surface area (Å²) in [6, 6.07) is 4.88. The fourth-order valence-corrected chi connectivity index (χ4v) is 4.18. The largest absolute Gasteiger partial charge is 0.444 e. The van der Waals surface area contributed by atoms with Crippen molar-refractivity contribution in [2.75, 3.05) is 6.54 Å². The fraction of sp³-hybridized carbons (Fsp3) is 0.611. The lowest BCUT2D eigenvalue weighted by atomic mass is 9.94. The van der Waals surface area contributed by atoms with E-state index >= 15 is 0 Å². The van der Waals surface area contributed by atoms with Gasteiger partial charge in [0.05, 0.1) is 10.6 Å². The third-order valence-corrected chi connectivity index (χ3v) is 5.79. The normalized spacial score (nSPS) is 19.9. The fourth-order valence-electron chi connectivity index (χ4n) is 3.52. The van der Waals surface area contributed by atoms with Gasteiger partial charge in [-0.3, -0.25) is 4.90 Å². The number of thiophene rings is 1. The van der Waals surface area contributed by atoms with E-state index in [0.29, 0.717) is 0 Å². The molecule has 2 aliphatic rings. The smallest absolute Gasteiger partial charge is 0.236 e. The van der Waals surface area contributed by atoms with Gasteiger partial charge < -0.3 is 4.42 Å². The van der Waals surface area contributed by atoms with Crippen LogP contribution in [0.2, 0.25) is 0 Å². The summed E-state index contributed by atoms with van der Waals surface area (Å²) in [6.07, 6.45) is 11.6. The van der Waals surface area contributed by atoms with Crippen molar-refractivity contribution in [3.05, 3.63) is 29.5 Å². The summed E-state index contributed by atoms with van der Waals surface area (Å²) in [6.45, 7) is 2.21. The van der Waals surface area contributed by atoms with Gasteiger partial charge in [0, 0.05) is 19.1 Å². The molecule has 0 aliphatic heterocycles. The predicted molar refractivity (Wildman–Crippen MR) is 89.8 cm³/mol. The second kappa shape index (κ2) is 6.55. The molecule has 0 saturated heterocycles. The van der Waals surface area contributed by atoms with Gasteiger partial charge in [0.1, 0.15) is 6.26 Å². The molecule has 118 valence electrons. The van der Waals surface area contributed by atoms with Crippen molar-refractivity contribution in [1.29, 1.82) is 0 Å². The Kier molecular flexibility index (Phi) is 4.30. The van der Waals surface area contributed by atoms with Gasteiger partial charge in [-0.25, -0.2) is 4.98 Å². The van der Waals surface area contributed by atoms with E-state index in [0.717, 1.165) is 35.0 Å². The van der Waals surface area contributed by atoms with Crippen LogP contribution in [0.4, 0.5) is 0 Å². The number of aromatic nitrogens is 1. The molecule has 2 aliphatic carbocycles. The second-order valence-corrected chi connectivity index (χ2v) is 7.73. The van der Waals surface area contributed by atoms with Crippen molar-refractivity contribution in [2.24, 2.45) is 5.92 Å². The second-order valence-electron chi connectivity index (χ2n) is 6.79. The number of hydrogen-bond acceptors (Lipinski definition) is 4. The summed E-state index contributed by atoms with van der Waals surface area (Å²) in [4.78, 5) is 8.53. The molecule has 0 radical (unpaired) electrons. The van der Waals surface area contributed by atoms with Crippen LogP contribution in [-0.2, 0) is 6.54 Å². The lowest BCUT2D eigenvalue weighted by Gasteiger charge is -2.33. The van der Waals surface area contributed by atoms with E-state index < -0.39 is 0 Å². The topological polar surface area (TPSA) is 29.3 Å². The zero-order chi connectivity index (χ0) is 14.8. The highest BCUT2D eigenvalue weighted by Crippen LogP contribution is 2.33. The molecule has 0 bridgehead atoms. The van der Waals surface area contributed by atoms with Crippen molar-refractivity contribution in [1.82, 2.24) is 9.88 Å². The Labute approximate surface area is 136 Å². The summed E-state index contributed by atoms with van der Waals surface area (Å²) < 4.78 is 5.69. The highest BCUT2D eigenvalue weighted by Gasteiger charge is 2.29. The first-order chi connectivity index (χ1) is 10.9.